The van der Waals surface area contributed by atoms with E-state index < -0.39 is 18.1 Å². The van der Waals surface area contributed by atoms with E-state index in [9.17, 15) is 24.0 Å². The molecule has 0 spiro atoms. The number of nitrogens with two attached hydrogens (primary N) is 4. The number of carboxylic acid groups (broad SMARTS) is 1. The number of aliphatic hydroxyl groups is 1. The number of imide groups is 1. The molecule has 0 unspecified atom stereocenters. The maximum absolute atomic E-state index is 12.3. The number of ketones is 1. The number of amides is 3. The fourth-order valence-electron chi connectivity index (χ4n) is 9.41. The van der Waals surface area contributed by atoms with Crippen LogP contribution in [0.4, 0.5) is 0 Å². The van der Waals surface area contributed by atoms with E-state index in [0.717, 1.165) is 28.3 Å². The predicted octanol–water partition coefficient (Wildman–Crippen LogP) is 16.0. The van der Waals surface area contributed by atoms with E-state index >= 15 is 0 Å². The van der Waals surface area contributed by atoms with E-state index in [2.05, 4.69) is 64.7 Å². The van der Waals surface area contributed by atoms with Crippen molar-refractivity contribution in [2.75, 3.05) is 39.6 Å². The summed E-state index contributed by atoms with van der Waals surface area (Å²) < 4.78 is 32.6. The Labute approximate surface area is 701 Å². The number of rotatable bonds is 34. The number of fused-ring (bicyclic) bond motifs is 1. The first-order valence-corrected chi connectivity index (χ1v) is 38.8. The Hall–Kier alpha value is -11.8. The van der Waals surface area contributed by atoms with Gasteiger partial charge in [-0.1, -0.05) is 328 Å². The lowest BCUT2D eigenvalue weighted by Gasteiger charge is -2.17. The maximum atomic E-state index is 12.3. The van der Waals surface area contributed by atoms with Crippen LogP contribution in [0.25, 0.3) is 0 Å². The molecule has 0 aliphatic carbocycles. The fraction of sp³-hybridized carbons (Fsp3) is 0.283. The van der Waals surface area contributed by atoms with E-state index in [-0.39, 0.29) is 54.2 Å². The van der Waals surface area contributed by atoms with Crippen LogP contribution < -0.4 is 28.5 Å². The van der Waals surface area contributed by atoms with Crippen LogP contribution in [-0.2, 0) is 82.4 Å². The average Bonchev–Trinajstić information content (AvgIpc) is 1.63. The number of hydrogen-bond donors (Lipinski definition) is 7. The van der Waals surface area contributed by atoms with E-state index in [1.807, 2.05) is 279 Å². The van der Waals surface area contributed by atoms with Crippen molar-refractivity contribution in [2.24, 2.45) is 29.1 Å². The van der Waals surface area contributed by atoms with Crippen LogP contribution in [0.15, 0.2) is 316 Å². The first-order chi connectivity index (χ1) is 57.3. The molecule has 7 aromatic rings. The number of allylic oxidation sites excluding steroid dienone is 11. The van der Waals surface area contributed by atoms with Gasteiger partial charge in [-0.25, -0.2) is 4.79 Å². The SMILES string of the molecule is C/C=C/C=C/C(=O)C[C@H](C)/C=C\COCc1ccccc1.C/C=C/C=C/C(=O)N[C@H](C)/C=C\COCc1ccccc1.C/C=C/C=C/C(=O)O.C[C@@H](N)/C=C\COCc1ccccc1.C[C@@H](N)C#CCOCc1ccccc1.C[C@H](C#CCOCc1ccccc1)N1C(=O)c2ccccc2C1=O.C[C@H](O)C#CCOCc1ccccc1.NN. The molecule has 3 amide bonds. The van der Waals surface area contributed by atoms with Gasteiger partial charge in [-0.15, -0.1) is 0 Å². The van der Waals surface area contributed by atoms with Gasteiger partial charge >= 0.3 is 5.97 Å². The number of ether oxygens (including phenoxy) is 6. The predicted molar refractivity (Wildman–Crippen MR) is 477 cm³/mol. The van der Waals surface area contributed by atoms with Gasteiger partial charge in [-0.3, -0.25) is 35.8 Å². The van der Waals surface area contributed by atoms with Crippen molar-refractivity contribution in [2.45, 2.75) is 139 Å². The number of aliphatic carboxylic acids is 1. The monoisotopic (exact) mass is 1600 g/mol. The number of carboxylic acids is 1. The molecule has 6 atom stereocenters. The van der Waals surface area contributed by atoms with Gasteiger partial charge in [0.15, 0.2) is 5.78 Å². The molecule has 1 aliphatic heterocycles. The zero-order valence-corrected chi connectivity index (χ0v) is 69.8. The summed E-state index contributed by atoms with van der Waals surface area (Å²) in [5, 5.41) is 19.7. The number of carbonyl (C=O) groups excluding carboxylic acids is 4. The molecule has 0 aromatic heterocycles. The van der Waals surface area contributed by atoms with Gasteiger partial charge in [-0.05, 0) is 113 Å². The highest BCUT2D eigenvalue weighted by molar-refractivity contribution is 6.21. The van der Waals surface area contributed by atoms with Gasteiger partial charge in [0.05, 0.1) is 82.7 Å². The molecule has 0 bridgehead atoms. The third-order valence-corrected chi connectivity index (χ3v) is 14.9. The number of nitrogens with one attached hydrogen (secondary N) is 1. The van der Waals surface area contributed by atoms with Crippen LogP contribution in [0.3, 0.4) is 0 Å². The molecular formula is C99H122N6O13. The number of hydrazine groups is 1. The number of aliphatic hydroxyl groups excluding tert-OH is 1. The summed E-state index contributed by atoms with van der Waals surface area (Å²) in [4.78, 5) is 58.7. The minimum absolute atomic E-state index is 0.0203. The van der Waals surface area contributed by atoms with Crippen LogP contribution in [0.1, 0.15) is 123 Å². The van der Waals surface area contributed by atoms with Crippen LogP contribution in [0.5, 0.6) is 0 Å². The highest BCUT2D eigenvalue weighted by Crippen LogP contribution is 2.24. The zero-order chi connectivity index (χ0) is 86.7. The van der Waals surface area contributed by atoms with E-state index in [1.165, 1.54) is 28.2 Å². The summed E-state index contributed by atoms with van der Waals surface area (Å²) >= 11 is 0. The minimum Gasteiger partial charge on any atom is -0.478 e. The number of benzene rings is 7. The number of hydrogen-bond acceptors (Lipinski definition) is 16. The maximum Gasteiger partial charge on any atom is 0.328 e. The lowest BCUT2D eigenvalue weighted by molar-refractivity contribution is -0.131. The van der Waals surface area contributed by atoms with Crippen LogP contribution >= 0.6 is 0 Å². The Balaban J connectivity index is 0.000000700. The van der Waals surface area contributed by atoms with Crippen LogP contribution in [0.2, 0.25) is 0 Å². The van der Waals surface area contributed by atoms with Gasteiger partial charge in [-0.2, -0.15) is 0 Å². The number of carbonyl (C=O) groups is 5. The summed E-state index contributed by atoms with van der Waals surface area (Å²) in [7, 11) is 0. The van der Waals surface area contributed by atoms with Crippen LogP contribution in [-0.4, -0.2) is 114 Å². The smallest absolute Gasteiger partial charge is 0.328 e. The quantitative estimate of drug-likeness (QED) is 0.00288. The van der Waals surface area contributed by atoms with Crippen molar-refractivity contribution in [1.82, 2.24) is 10.2 Å². The fourth-order valence-corrected chi connectivity index (χ4v) is 9.41. The zero-order valence-electron chi connectivity index (χ0n) is 69.8. The standard InChI is InChI=1S/C20H17NO3.C19H24O2.C18H23NO2.C12H17NO.C12H15NO.C12H14O2.C6H8O2.H4N2/c1-15(8-7-13-24-14-16-9-3-2-4-10-16)21-19(22)17-11-5-6-12-18(17)20(21)23;1-3-4-6-13-19(20)15-17(2)10-9-14-21-16-18-11-7-5-8-12-18;1-3-4-6-13-18(20)19-16(2)10-9-14-21-15-17-11-7-5-8-12-17;3*1-11(13)6-5-9-14-10-12-7-3-2-4-8-12;1-2-3-4-5-6(7)8;1-2/h2-6,9-12,15H,13-14H2,1H3;3-13,17H,14-16H2,1-2H3;3-13,16H,14-15H2,1-2H3,(H,19,20);2-8,11H,9-10,13H2,1H3;2-4,7-8,11H,9-10,13H2,1H3;2-4,7-8,11,13H,9-10H2,1H3;2-5H,1H3,(H,7,8);1-2H2/b;2*4-3+,10-9-,13-6+;6-5-;;;3-2+,5-4+;/t15-;17-;16-;3*11-;;/m111110../s1. The van der Waals surface area contributed by atoms with Gasteiger partial charge in [0, 0.05) is 30.7 Å². The van der Waals surface area contributed by atoms with Crippen molar-refractivity contribution < 1.29 is 62.6 Å². The molecule has 19 heteroatoms. The highest BCUT2D eigenvalue weighted by atomic mass is 16.5. The van der Waals surface area contributed by atoms with E-state index in [0.29, 0.717) is 90.2 Å². The Kier molecular flexibility index (Phi) is 63.3. The van der Waals surface area contributed by atoms with Gasteiger partial charge in [0.25, 0.3) is 11.8 Å². The van der Waals surface area contributed by atoms with Crippen molar-refractivity contribution in [1.29, 1.82) is 0 Å². The Morgan fingerprint density at radius 1 is 0.424 bits per heavy atom. The average molecular weight is 1600 g/mol. The van der Waals surface area contributed by atoms with Gasteiger partial charge in [0.1, 0.15) is 25.9 Å². The Morgan fingerprint density at radius 2 is 0.746 bits per heavy atom. The van der Waals surface area contributed by atoms with E-state index in [4.69, 9.17) is 50.1 Å². The molecule has 7 aromatic carbocycles. The summed E-state index contributed by atoms with van der Waals surface area (Å²) in [6.07, 6.45) is 31.8. The third kappa shape index (κ3) is 58.1. The second kappa shape index (κ2) is 71.7. The normalized spacial score (nSPS) is 12.7. The van der Waals surface area contributed by atoms with Crippen molar-refractivity contribution >= 4 is 29.5 Å². The largest absolute Gasteiger partial charge is 0.478 e. The Bertz CT molecular complexity index is 4100. The second-order valence-electron chi connectivity index (χ2n) is 25.6. The molecule has 0 fully saturated rings. The summed E-state index contributed by atoms with van der Waals surface area (Å²) in [5.41, 5.74) is 18.8. The molecule has 626 valence electrons. The minimum atomic E-state index is -0.914. The van der Waals surface area contributed by atoms with Crippen LogP contribution in [0, 0.1) is 41.4 Å². The third-order valence-electron chi connectivity index (χ3n) is 14.9. The summed E-state index contributed by atoms with van der Waals surface area (Å²) in [6.45, 7) is 23.1. The van der Waals surface area contributed by atoms with Crippen molar-refractivity contribution in [3.63, 3.8) is 0 Å². The summed E-state index contributed by atoms with van der Waals surface area (Å²) in [6, 6.07) is 66.4. The lowest BCUT2D eigenvalue weighted by Crippen LogP contribution is -2.37. The first kappa shape index (κ1) is 104. The number of nitrogens with zero attached hydrogens (tertiary/aromatic N) is 1. The molecule has 8 rings (SSSR count). The molecule has 118 heavy (non-hydrogen) atoms. The molecule has 0 radical (unpaired) electrons. The molecular weight excluding hydrogens is 1480 g/mol. The first-order valence-electron chi connectivity index (χ1n) is 38.8. The van der Waals surface area contributed by atoms with Gasteiger partial charge < -0.3 is 55.4 Å². The second-order valence-corrected chi connectivity index (χ2v) is 25.6. The topological polar surface area (TPSA) is 301 Å². The molecule has 0 saturated carbocycles. The lowest BCUT2D eigenvalue weighted by atomic mass is 10.0. The molecule has 0 saturated heterocycles. The van der Waals surface area contributed by atoms with E-state index in [1.54, 1.807) is 68.5 Å². The van der Waals surface area contributed by atoms with Gasteiger partial charge in [0.2, 0.25) is 5.91 Å². The molecule has 19 nitrogen and oxygen atoms in total. The molecule has 1 heterocycles. The van der Waals surface area contributed by atoms with Crippen molar-refractivity contribution in [3.8, 4) is 35.5 Å². The summed E-state index contributed by atoms with van der Waals surface area (Å²) in [5.74, 6) is 23.6. The Morgan fingerprint density at radius 3 is 1.09 bits per heavy atom. The highest BCUT2D eigenvalue weighted by Gasteiger charge is 2.37. The molecule has 1 aliphatic rings. The molecule has 11 N–H and O–H groups in total. The van der Waals surface area contributed by atoms with Crippen molar-refractivity contribution in [3.05, 3.63) is 360 Å².